The Labute approximate surface area is 177 Å². The number of aryl methyl sites for hydroxylation is 1. The van der Waals surface area contributed by atoms with E-state index in [1.165, 1.54) is 54.6 Å². The predicted octanol–water partition coefficient (Wildman–Crippen LogP) is 6.51. The van der Waals surface area contributed by atoms with Crippen LogP contribution in [0.15, 0.2) is 54.6 Å². The van der Waals surface area contributed by atoms with E-state index in [1.807, 2.05) is 18.2 Å². The Morgan fingerprint density at radius 3 is 2.37 bits per heavy atom. The van der Waals surface area contributed by atoms with Crippen molar-refractivity contribution in [1.82, 2.24) is 4.98 Å². The van der Waals surface area contributed by atoms with E-state index >= 15 is 0 Å². The molecule has 2 nitrogen and oxygen atoms in total. The van der Waals surface area contributed by atoms with Crippen LogP contribution in [0.2, 0.25) is 0 Å². The number of nitrogens with zero attached hydrogens (tertiary/aromatic N) is 1. The summed E-state index contributed by atoms with van der Waals surface area (Å²) in [4.78, 5) is 5.21. The molecule has 2 aliphatic rings. The smallest absolute Gasteiger partial charge is 0.123 e. The highest BCUT2D eigenvalue weighted by Crippen LogP contribution is 2.44. The topological polar surface area (TPSA) is 33.1 Å². The number of hydrogen-bond acceptors (Lipinski definition) is 2. The van der Waals surface area contributed by atoms with Crippen molar-refractivity contribution in [2.24, 2.45) is 0 Å². The molecule has 154 valence electrons. The molecular weight excluding hydrogens is 373 g/mol. The molecule has 1 N–H and O–H groups in total. The van der Waals surface area contributed by atoms with Gasteiger partial charge >= 0.3 is 0 Å². The number of benzene rings is 2. The molecule has 2 aliphatic carbocycles. The van der Waals surface area contributed by atoms with Gasteiger partial charge in [0.15, 0.2) is 0 Å². The van der Waals surface area contributed by atoms with Crippen LogP contribution in [0.25, 0.3) is 11.1 Å². The van der Waals surface area contributed by atoms with Gasteiger partial charge < -0.3 is 5.11 Å². The Bertz CT molecular complexity index is 1020. The van der Waals surface area contributed by atoms with Crippen LogP contribution in [0, 0.1) is 5.82 Å². The van der Waals surface area contributed by atoms with Crippen molar-refractivity contribution in [1.29, 1.82) is 0 Å². The van der Waals surface area contributed by atoms with Crippen LogP contribution in [0.3, 0.4) is 0 Å². The molecule has 1 atom stereocenters. The van der Waals surface area contributed by atoms with Crippen LogP contribution in [0.5, 0.6) is 0 Å². The first-order valence-electron chi connectivity index (χ1n) is 11.2. The molecule has 0 radical (unpaired) electrons. The third kappa shape index (κ3) is 3.67. The van der Waals surface area contributed by atoms with Crippen LogP contribution >= 0.6 is 0 Å². The van der Waals surface area contributed by atoms with Crippen molar-refractivity contribution in [3.8, 4) is 11.1 Å². The van der Waals surface area contributed by atoms with Crippen LogP contribution in [0.1, 0.15) is 78.6 Å². The number of pyridine rings is 1. The van der Waals surface area contributed by atoms with Gasteiger partial charge in [-0.25, -0.2) is 4.39 Å². The fourth-order valence-electron chi connectivity index (χ4n) is 5.33. The van der Waals surface area contributed by atoms with Crippen molar-refractivity contribution in [3.05, 3.63) is 88.5 Å². The summed E-state index contributed by atoms with van der Waals surface area (Å²) in [6.45, 7) is 0. The minimum Gasteiger partial charge on any atom is -0.388 e. The third-order valence-corrected chi connectivity index (χ3v) is 6.77. The monoisotopic (exact) mass is 401 g/mol. The van der Waals surface area contributed by atoms with Gasteiger partial charge in [0.2, 0.25) is 0 Å². The molecule has 1 unspecified atom stereocenters. The lowest BCUT2D eigenvalue weighted by Gasteiger charge is -2.29. The molecular formula is C27H28FNO. The highest BCUT2D eigenvalue weighted by Gasteiger charge is 2.31. The zero-order valence-corrected chi connectivity index (χ0v) is 17.3. The molecule has 1 heterocycles. The SMILES string of the molecule is OC1CCCc2nc(C3CCCC3)c(Cc3ccccc3)c(-c3ccc(F)cc3)c21. The average molecular weight is 402 g/mol. The van der Waals surface area contributed by atoms with Gasteiger partial charge in [-0.1, -0.05) is 55.3 Å². The second-order valence-electron chi connectivity index (χ2n) is 8.77. The Hall–Kier alpha value is -2.52. The lowest BCUT2D eigenvalue weighted by Crippen LogP contribution is -2.18. The quantitative estimate of drug-likeness (QED) is 0.541. The van der Waals surface area contributed by atoms with E-state index in [-0.39, 0.29) is 5.82 Å². The van der Waals surface area contributed by atoms with Crippen LogP contribution in [0.4, 0.5) is 4.39 Å². The first kappa shape index (κ1) is 19.4. The molecule has 0 spiro atoms. The second-order valence-corrected chi connectivity index (χ2v) is 8.77. The fraction of sp³-hybridized carbons (Fsp3) is 0.370. The minimum absolute atomic E-state index is 0.233. The summed E-state index contributed by atoms with van der Waals surface area (Å²) < 4.78 is 13.7. The van der Waals surface area contributed by atoms with Crippen LogP contribution < -0.4 is 0 Å². The maximum atomic E-state index is 13.7. The van der Waals surface area contributed by atoms with Gasteiger partial charge in [-0.2, -0.15) is 0 Å². The molecule has 2 aromatic carbocycles. The standard InChI is InChI=1S/C27H28FNO/c28-21-15-13-19(14-16-21)25-22(17-18-7-2-1-3-8-18)27(20-9-4-5-10-20)29-23-11-6-12-24(30)26(23)25/h1-3,7-8,13-16,20,24,30H,4-6,9-12,17H2. The number of hydrogen-bond donors (Lipinski definition) is 1. The summed E-state index contributed by atoms with van der Waals surface area (Å²) in [6.07, 6.45) is 7.78. The summed E-state index contributed by atoms with van der Waals surface area (Å²) in [7, 11) is 0. The third-order valence-electron chi connectivity index (χ3n) is 6.77. The van der Waals surface area contributed by atoms with Gasteiger partial charge in [0.25, 0.3) is 0 Å². The van der Waals surface area contributed by atoms with Crippen LogP contribution in [-0.4, -0.2) is 10.1 Å². The van der Waals surface area contributed by atoms with Crippen molar-refractivity contribution < 1.29 is 9.50 Å². The van der Waals surface area contributed by atoms with Gasteiger partial charge in [0, 0.05) is 22.9 Å². The van der Waals surface area contributed by atoms with E-state index in [0.717, 1.165) is 48.1 Å². The fourth-order valence-corrected chi connectivity index (χ4v) is 5.33. The average Bonchev–Trinajstić information content (AvgIpc) is 3.30. The summed E-state index contributed by atoms with van der Waals surface area (Å²) in [5.41, 5.74) is 7.78. The van der Waals surface area contributed by atoms with Gasteiger partial charge in [0.1, 0.15) is 5.82 Å². The Balaban J connectivity index is 1.77. The van der Waals surface area contributed by atoms with Crippen molar-refractivity contribution >= 4 is 0 Å². The van der Waals surface area contributed by atoms with Gasteiger partial charge in [-0.15, -0.1) is 0 Å². The Morgan fingerprint density at radius 2 is 1.63 bits per heavy atom. The first-order chi connectivity index (χ1) is 14.7. The van der Waals surface area contributed by atoms with E-state index < -0.39 is 6.10 Å². The summed E-state index contributed by atoms with van der Waals surface area (Å²) in [6, 6.07) is 17.3. The van der Waals surface area contributed by atoms with Crippen molar-refractivity contribution in [2.45, 2.75) is 63.4 Å². The lowest BCUT2D eigenvalue weighted by molar-refractivity contribution is 0.156. The zero-order chi connectivity index (χ0) is 20.5. The molecule has 1 fully saturated rings. The van der Waals surface area contributed by atoms with E-state index in [1.54, 1.807) is 0 Å². The number of aliphatic hydroxyl groups excluding tert-OH is 1. The molecule has 5 rings (SSSR count). The number of fused-ring (bicyclic) bond motifs is 1. The van der Waals surface area contributed by atoms with E-state index in [0.29, 0.717) is 5.92 Å². The lowest BCUT2D eigenvalue weighted by atomic mass is 9.80. The van der Waals surface area contributed by atoms with Crippen LogP contribution in [-0.2, 0) is 12.8 Å². The van der Waals surface area contributed by atoms with Crippen molar-refractivity contribution in [3.63, 3.8) is 0 Å². The van der Waals surface area contributed by atoms with Gasteiger partial charge in [-0.05, 0) is 72.9 Å². The highest BCUT2D eigenvalue weighted by atomic mass is 19.1. The second kappa shape index (κ2) is 8.31. The number of aliphatic hydroxyl groups is 1. The number of aromatic nitrogens is 1. The van der Waals surface area contributed by atoms with E-state index in [9.17, 15) is 9.50 Å². The molecule has 0 saturated heterocycles. The van der Waals surface area contributed by atoms with E-state index in [4.69, 9.17) is 4.98 Å². The molecule has 3 aromatic rings. The summed E-state index contributed by atoms with van der Waals surface area (Å²) in [5.74, 6) is 0.245. The minimum atomic E-state index is -0.506. The maximum Gasteiger partial charge on any atom is 0.123 e. The van der Waals surface area contributed by atoms with Gasteiger partial charge in [-0.3, -0.25) is 4.98 Å². The molecule has 0 bridgehead atoms. The molecule has 0 aliphatic heterocycles. The number of rotatable bonds is 4. The molecule has 30 heavy (non-hydrogen) atoms. The number of halogens is 1. The Kier molecular flexibility index (Phi) is 5.39. The van der Waals surface area contributed by atoms with Gasteiger partial charge in [0.05, 0.1) is 6.10 Å². The molecule has 1 saturated carbocycles. The highest BCUT2D eigenvalue weighted by molar-refractivity contribution is 5.74. The van der Waals surface area contributed by atoms with Crippen molar-refractivity contribution in [2.75, 3.05) is 0 Å². The molecule has 3 heteroatoms. The zero-order valence-electron chi connectivity index (χ0n) is 17.3. The first-order valence-corrected chi connectivity index (χ1v) is 11.2. The predicted molar refractivity (Wildman–Crippen MR) is 118 cm³/mol. The summed E-state index contributed by atoms with van der Waals surface area (Å²) in [5, 5.41) is 11.0. The molecule has 0 amide bonds. The normalized spacial score (nSPS) is 19.1. The maximum absolute atomic E-state index is 13.7. The van der Waals surface area contributed by atoms with E-state index in [2.05, 4.69) is 24.3 Å². The Morgan fingerprint density at radius 1 is 0.900 bits per heavy atom. The molecule has 1 aromatic heterocycles. The summed E-state index contributed by atoms with van der Waals surface area (Å²) >= 11 is 0. The largest absolute Gasteiger partial charge is 0.388 e.